The Morgan fingerprint density at radius 1 is 1.07 bits per heavy atom. The summed E-state index contributed by atoms with van der Waals surface area (Å²) >= 11 is 1.17. The van der Waals surface area contributed by atoms with Gasteiger partial charge in [-0.25, -0.2) is 9.79 Å². The van der Waals surface area contributed by atoms with Gasteiger partial charge in [-0.1, -0.05) is 53.8 Å². The van der Waals surface area contributed by atoms with Crippen molar-refractivity contribution in [1.29, 1.82) is 0 Å². The van der Waals surface area contributed by atoms with Gasteiger partial charge >= 0.3 is 5.97 Å². The molecule has 1 saturated heterocycles. The minimum Gasteiger partial charge on any atom is -0.497 e. The molecule has 0 radical (unpaired) electrons. The zero-order valence-electron chi connectivity index (χ0n) is 25.7. The van der Waals surface area contributed by atoms with Crippen molar-refractivity contribution in [3.8, 4) is 5.75 Å². The molecule has 0 amide bonds. The predicted octanol–water partition coefficient (Wildman–Crippen LogP) is 3.60. The van der Waals surface area contributed by atoms with E-state index >= 15 is 0 Å². The third-order valence-electron chi connectivity index (χ3n) is 8.14. The number of likely N-dealkylation sites (N-methyl/N-ethyl adjacent to an activating group) is 1. The molecule has 1 aromatic heterocycles. The van der Waals surface area contributed by atoms with Gasteiger partial charge in [-0.2, -0.15) is 0 Å². The number of nitrogens with zero attached hydrogens (tertiary/aromatic N) is 5. The quantitative estimate of drug-likeness (QED) is 0.163. The van der Waals surface area contributed by atoms with E-state index in [1.165, 1.54) is 28.0 Å². The number of nitro groups is 1. The van der Waals surface area contributed by atoms with E-state index in [2.05, 4.69) is 16.8 Å². The monoisotopic (exact) mass is 639 g/mol. The fourth-order valence-corrected chi connectivity index (χ4v) is 6.81. The minimum absolute atomic E-state index is 0.0675. The molecule has 11 nitrogen and oxygen atoms in total. The van der Waals surface area contributed by atoms with Crippen LogP contribution in [0.3, 0.4) is 0 Å². The highest BCUT2D eigenvalue weighted by Crippen LogP contribution is 2.36. The van der Waals surface area contributed by atoms with Gasteiger partial charge in [0.05, 0.1) is 40.5 Å². The van der Waals surface area contributed by atoms with E-state index in [-0.39, 0.29) is 23.4 Å². The van der Waals surface area contributed by atoms with E-state index in [4.69, 9.17) is 14.5 Å². The number of hydrogen-bond donors (Lipinski definition) is 0. The second kappa shape index (κ2) is 13.1. The minimum atomic E-state index is -0.870. The Labute approximate surface area is 269 Å². The number of carbonyl (C=O) groups excluding carboxylic acids is 1. The van der Waals surface area contributed by atoms with Crippen LogP contribution in [0.25, 0.3) is 11.8 Å². The maximum atomic E-state index is 14.4. The number of non-ortho nitro benzene ring substituents is 1. The van der Waals surface area contributed by atoms with Gasteiger partial charge in [0, 0.05) is 55.1 Å². The SMILES string of the molecule is CCOC(=O)C1=C(c2ccccc2)N=c2sc(=Cc3cc([N+](=O)[O-])ccc3N3CCN(C)CC3)c(=O)n2C1c1cccc(OC)c1. The second-order valence-electron chi connectivity index (χ2n) is 11.0. The summed E-state index contributed by atoms with van der Waals surface area (Å²) in [5.41, 5.74) is 2.92. The number of rotatable bonds is 8. The summed E-state index contributed by atoms with van der Waals surface area (Å²) in [6.07, 6.45) is 1.70. The van der Waals surface area contributed by atoms with Crippen LogP contribution in [-0.2, 0) is 9.53 Å². The highest BCUT2D eigenvalue weighted by molar-refractivity contribution is 7.07. The summed E-state index contributed by atoms with van der Waals surface area (Å²) in [6, 6.07) is 20.4. The first-order valence-electron chi connectivity index (χ1n) is 14.9. The van der Waals surface area contributed by atoms with Gasteiger partial charge in [0.25, 0.3) is 11.2 Å². The molecule has 0 aliphatic carbocycles. The third kappa shape index (κ3) is 5.96. The van der Waals surface area contributed by atoms with Crippen molar-refractivity contribution in [3.63, 3.8) is 0 Å². The van der Waals surface area contributed by atoms with Crippen LogP contribution in [0.15, 0.2) is 88.2 Å². The molecule has 0 spiro atoms. The van der Waals surface area contributed by atoms with Crippen molar-refractivity contribution in [2.24, 2.45) is 4.99 Å². The van der Waals surface area contributed by atoms with Crippen LogP contribution in [0.4, 0.5) is 11.4 Å². The molecule has 0 saturated carbocycles. The van der Waals surface area contributed by atoms with Gasteiger partial charge in [0.15, 0.2) is 4.80 Å². The topological polar surface area (TPSA) is 120 Å². The van der Waals surface area contributed by atoms with Crippen molar-refractivity contribution in [2.75, 3.05) is 51.8 Å². The Balaban J connectivity index is 1.61. The lowest BCUT2D eigenvalue weighted by Crippen LogP contribution is -2.44. The molecule has 6 rings (SSSR count). The number of ether oxygens (including phenoxy) is 2. The van der Waals surface area contributed by atoms with E-state index < -0.39 is 16.9 Å². The maximum Gasteiger partial charge on any atom is 0.338 e. The molecule has 1 unspecified atom stereocenters. The summed E-state index contributed by atoms with van der Waals surface area (Å²) in [6.45, 7) is 5.05. The lowest BCUT2D eigenvalue weighted by Gasteiger charge is -2.34. The Kier molecular flexibility index (Phi) is 8.82. The average Bonchev–Trinajstić information content (AvgIpc) is 3.38. The van der Waals surface area contributed by atoms with Gasteiger partial charge in [-0.3, -0.25) is 19.5 Å². The summed E-state index contributed by atoms with van der Waals surface area (Å²) < 4.78 is 12.9. The van der Waals surface area contributed by atoms with Crippen LogP contribution < -0.4 is 24.5 Å². The lowest BCUT2D eigenvalue weighted by atomic mass is 9.93. The second-order valence-corrected chi connectivity index (χ2v) is 12.0. The fourth-order valence-electron chi connectivity index (χ4n) is 5.82. The number of methoxy groups -OCH3 is 1. The number of hydrogen-bond acceptors (Lipinski definition) is 10. The van der Waals surface area contributed by atoms with Crippen LogP contribution in [0, 0.1) is 10.1 Å². The molecule has 2 aliphatic heterocycles. The number of esters is 1. The number of piperazine rings is 1. The predicted molar refractivity (Wildman–Crippen MR) is 177 cm³/mol. The third-order valence-corrected chi connectivity index (χ3v) is 9.12. The first-order chi connectivity index (χ1) is 22.3. The molecular weight excluding hydrogens is 606 g/mol. The van der Waals surface area contributed by atoms with E-state index in [1.807, 2.05) is 36.4 Å². The van der Waals surface area contributed by atoms with E-state index in [0.29, 0.717) is 37.5 Å². The molecular formula is C34H33N5O6S. The van der Waals surface area contributed by atoms with Crippen LogP contribution in [0.5, 0.6) is 5.75 Å². The van der Waals surface area contributed by atoms with Crippen molar-refractivity contribution in [2.45, 2.75) is 13.0 Å². The molecule has 3 aromatic carbocycles. The molecule has 3 heterocycles. The van der Waals surface area contributed by atoms with Crippen molar-refractivity contribution < 1.29 is 19.2 Å². The van der Waals surface area contributed by atoms with Crippen molar-refractivity contribution >= 4 is 40.5 Å². The maximum absolute atomic E-state index is 14.4. The number of thiazole rings is 1. The van der Waals surface area contributed by atoms with Crippen LogP contribution in [-0.4, -0.2) is 67.3 Å². The molecule has 46 heavy (non-hydrogen) atoms. The first kappa shape index (κ1) is 30.9. The zero-order chi connectivity index (χ0) is 32.4. The Morgan fingerprint density at radius 2 is 1.83 bits per heavy atom. The lowest BCUT2D eigenvalue weighted by molar-refractivity contribution is -0.384. The zero-order valence-corrected chi connectivity index (χ0v) is 26.5. The normalized spacial score (nSPS) is 17.0. The molecule has 0 N–H and O–H groups in total. The number of anilines is 1. The van der Waals surface area contributed by atoms with Gasteiger partial charge in [-0.05, 0) is 43.8 Å². The summed E-state index contributed by atoms with van der Waals surface area (Å²) in [5, 5.41) is 11.8. The number of benzene rings is 3. The first-order valence-corrected chi connectivity index (χ1v) is 15.7. The van der Waals surface area contributed by atoms with E-state index in [0.717, 1.165) is 31.9 Å². The van der Waals surface area contributed by atoms with Crippen LogP contribution in [0.1, 0.15) is 29.7 Å². The standard InChI is InChI=1S/C34H33N5O6S/c1-4-45-33(41)29-30(22-9-6-5-7-10-22)35-34-38(31(29)23-11-8-12-26(20-23)44-3)32(40)28(46-34)21-24-19-25(39(42)43)13-14-27(24)37-17-15-36(2)16-18-37/h5-14,19-21,31H,4,15-18H2,1-3H3. The molecule has 1 atom stereocenters. The number of aromatic nitrogens is 1. The highest BCUT2D eigenvalue weighted by atomic mass is 32.1. The van der Waals surface area contributed by atoms with Gasteiger partial charge in [0.1, 0.15) is 5.75 Å². The number of fused-ring (bicyclic) bond motifs is 1. The molecule has 2 aliphatic rings. The Morgan fingerprint density at radius 3 is 2.52 bits per heavy atom. The smallest absolute Gasteiger partial charge is 0.338 e. The summed E-state index contributed by atoms with van der Waals surface area (Å²) in [4.78, 5) is 49.1. The molecule has 12 heteroatoms. The van der Waals surface area contributed by atoms with Crippen molar-refractivity contribution in [1.82, 2.24) is 9.47 Å². The van der Waals surface area contributed by atoms with Crippen LogP contribution >= 0.6 is 11.3 Å². The summed E-state index contributed by atoms with van der Waals surface area (Å²) in [7, 11) is 3.61. The Hall–Kier alpha value is -5.07. The summed E-state index contributed by atoms with van der Waals surface area (Å²) in [5.74, 6) is -0.0160. The fraction of sp³-hybridized carbons (Fsp3) is 0.265. The van der Waals surface area contributed by atoms with E-state index in [1.54, 1.807) is 44.4 Å². The molecule has 4 aromatic rings. The van der Waals surface area contributed by atoms with E-state index in [9.17, 15) is 19.7 Å². The van der Waals surface area contributed by atoms with Crippen LogP contribution in [0.2, 0.25) is 0 Å². The molecule has 236 valence electrons. The molecule has 1 fully saturated rings. The Bertz CT molecular complexity index is 2010. The van der Waals surface area contributed by atoms with Gasteiger partial charge in [-0.15, -0.1) is 0 Å². The molecule has 0 bridgehead atoms. The highest BCUT2D eigenvalue weighted by Gasteiger charge is 2.35. The van der Waals surface area contributed by atoms with Gasteiger partial charge in [0.2, 0.25) is 0 Å². The van der Waals surface area contributed by atoms with Crippen molar-refractivity contribution in [3.05, 3.63) is 125 Å². The average molecular weight is 640 g/mol. The number of nitro benzene ring substituents is 1. The number of carbonyl (C=O) groups is 1. The largest absolute Gasteiger partial charge is 0.497 e. The van der Waals surface area contributed by atoms with Gasteiger partial charge < -0.3 is 19.3 Å².